The van der Waals surface area contributed by atoms with Gasteiger partial charge in [0.05, 0.1) is 6.61 Å². The van der Waals surface area contributed by atoms with E-state index in [0.29, 0.717) is 0 Å². The van der Waals surface area contributed by atoms with Crippen molar-refractivity contribution in [2.24, 2.45) is 0 Å². The van der Waals surface area contributed by atoms with Crippen LogP contribution < -0.4 is 4.74 Å². The number of benzene rings is 1. The van der Waals surface area contributed by atoms with E-state index in [9.17, 15) is 0 Å². The summed E-state index contributed by atoms with van der Waals surface area (Å²) in [4.78, 5) is 2.52. The fraction of sp³-hybridized carbons (Fsp3) is 0.625. The molecule has 0 spiro atoms. The van der Waals surface area contributed by atoms with E-state index >= 15 is 0 Å². The molecule has 2 aliphatic rings. The summed E-state index contributed by atoms with van der Waals surface area (Å²) in [5.74, 6) is 1.02. The molecule has 1 aromatic rings. The number of nitrogens with zero attached hydrogens (tertiary/aromatic N) is 1. The Morgan fingerprint density at radius 3 is 2.79 bits per heavy atom. The molecule has 0 radical (unpaired) electrons. The summed E-state index contributed by atoms with van der Waals surface area (Å²) in [6, 6.07) is 8.52. The molecule has 1 unspecified atom stereocenters. The van der Waals surface area contributed by atoms with E-state index in [4.69, 9.17) is 9.47 Å². The van der Waals surface area contributed by atoms with Gasteiger partial charge in [-0.05, 0) is 43.5 Å². The molecule has 3 heteroatoms. The monoisotopic (exact) mass is 261 g/mol. The Labute approximate surface area is 115 Å². The Balaban J connectivity index is 1.63. The van der Waals surface area contributed by atoms with Crippen LogP contribution in [0.25, 0.3) is 0 Å². The second kappa shape index (κ2) is 5.51. The number of ether oxygens (including phenoxy) is 2. The zero-order valence-electron chi connectivity index (χ0n) is 11.7. The quantitative estimate of drug-likeness (QED) is 0.813. The standard InChI is InChI=1S/C16H23NO2/c1-18-12-7-14-3-5-15(6-4-14)19-16-8-2-10-17(13-16)11-9-16/h3-6H,2,7-13H2,1H3/t16-/m1/s1. The summed E-state index contributed by atoms with van der Waals surface area (Å²) in [6.07, 6.45) is 4.62. The number of hydrogen-bond donors (Lipinski definition) is 0. The predicted molar refractivity (Wildman–Crippen MR) is 75.7 cm³/mol. The van der Waals surface area contributed by atoms with Gasteiger partial charge in [0, 0.05) is 26.6 Å². The number of piperidine rings is 1. The lowest BCUT2D eigenvalue weighted by atomic mass is 9.94. The maximum atomic E-state index is 6.32. The van der Waals surface area contributed by atoms with Crippen LogP contribution in [0.2, 0.25) is 0 Å². The summed E-state index contributed by atoms with van der Waals surface area (Å²) >= 11 is 0. The molecule has 1 aromatic carbocycles. The zero-order chi connectivity index (χ0) is 13.1. The first-order chi connectivity index (χ1) is 9.30. The number of rotatable bonds is 5. The second-order valence-electron chi connectivity index (χ2n) is 5.80. The molecule has 2 bridgehead atoms. The summed E-state index contributed by atoms with van der Waals surface area (Å²) in [7, 11) is 1.74. The first-order valence-electron chi connectivity index (χ1n) is 7.29. The molecular weight excluding hydrogens is 238 g/mol. The second-order valence-corrected chi connectivity index (χ2v) is 5.80. The van der Waals surface area contributed by atoms with Crippen molar-refractivity contribution in [3.05, 3.63) is 29.8 Å². The highest BCUT2D eigenvalue weighted by molar-refractivity contribution is 5.28. The Bertz CT molecular complexity index is 413. The minimum Gasteiger partial charge on any atom is -0.486 e. The number of methoxy groups -OCH3 is 1. The van der Waals surface area contributed by atoms with E-state index in [1.807, 2.05) is 0 Å². The number of hydrogen-bond acceptors (Lipinski definition) is 3. The van der Waals surface area contributed by atoms with E-state index in [2.05, 4.69) is 29.2 Å². The van der Waals surface area contributed by atoms with E-state index in [-0.39, 0.29) is 5.60 Å². The number of fused-ring (bicyclic) bond motifs is 2. The zero-order valence-corrected chi connectivity index (χ0v) is 11.7. The van der Waals surface area contributed by atoms with E-state index in [1.54, 1.807) is 7.11 Å². The van der Waals surface area contributed by atoms with E-state index in [1.165, 1.54) is 37.9 Å². The predicted octanol–water partition coefficient (Wildman–Crippen LogP) is 2.49. The van der Waals surface area contributed by atoms with Crippen LogP contribution in [-0.2, 0) is 11.2 Å². The van der Waals surface area contributed by atoms with Crippen molar-refractivity contribution in [1.29, 1.82) is 0 Å². The fourth-order valence-corrected chi connectivity index (χ4v) is 3.28. The van der Waals surface area contributed by atoms with Gasteiger partial charge in [0.2, 0.25) is 0 Å². The lowest BCUT2D eigenvalue weighted by molar-refractivity contribution is 0.0453. The summed E-state index contributed by atoms with van der Waals surface area (Å²) in [5, 5.41) is 0. The van der Waals surface area contributed by atoms with Crippen molar-refractivity contribution in [3.8, 4) is 5.75 Å². The lowest BCUT2D eigenvalue weighted by Crippen LogP contribution is -2.43. The van der Waals surface area contributed by atoms with Gasteiger partial charge in [-0.1, -0.05) is 12.1 Å². The summed E-state index contributed by atoms with van der Waals surface area (Å²) in [5.41, 5.74) is 1.40. The molecule has 0 saturated carbocycles. The van der Waals surface area contributed by atoms with Crippen molar-refractivity contribution in [2.75, 3.05) is 33.4 Å². The molecule has 0 N–H and O–H groups in total. The van der Waals surface area contributed by atoms with Crippen molar-refractivity contribution in [1.82, 2.24) is 4.90 Å². The normalized spacial score (nSPS) is 29.4. The van der Waals surface area contributed by atoms with Crippen LogP contribution in [0.5, 0.6) is 5.75 Å². The van der Waals surface area contributed by atoms with Crippen LogP contribution in [0.1, 0.15) is 24.8 Å². The average Bonchev–Trinajstić information content (AvgIpc) is 2.73. The molecular formula is C16H23NO2. The first-order valence-corrected chi connectivity index (χ1v) is 7.29. The Morgan fingerprint density at radius 2 is 2.00 bits per heavy atom. The van der Waals surface area contributed by atoms with Gasteiger partial charge in [0.25, 0.3) is 0 Å². The van der Waals surface area contributed by atoms with E-state index in [0.717, 1.165) is 25.3 Å². The van der Waals surface area contributed by atoms with Crippen LogP contribution in [0.15, 0.2) is 24.3 Å². The minimum absolute atomic E-state index is 0.0896. The molecule has 2 aliphatic heterocycles. The van der Waals surface area contributed by atoms with Crippen molar-refractivity contribution in [2.45, 2.75) is 31.3 Å². The average molecular weight is 261 g/mol. The first kappa shape index (κ1) is 12.9. The highest BCUT2D eigenvalue weighted by atomic mass is 16.5. The summed E-state index contributed by atoms with van der Waals surface area (Å²) in [6.45, 7) is 4.34. The largest absolute Gasteiger partial charge is 0.486 e. The van der Waals surface area contributed by atoms with Crippen molar-refractivity contribution >= 4 is 0 Å². The molecule has 0 aromatic heterocycles. The van der Waals surface area contributed by atoms with Gasteiger partial charge in [-0.15, -0.1) is 0 Å². The molecule has 2 atom stereocenters. The summed E-state index contributed by atoms with van der Waals surface area (Å²) < 4.78 is 11.4. The van der Waals surface area contributed by atoms with Crippen LogP contribution in [0.3, 0.4) is 0 Å². The molecule has 19 heavy (non-hydrogen) atoms. The molecule has 0 aliphatic carbocycles. The van der Waals surface area contributed by atoms with Gasteiger partial charge in [-0.3, -0.25) is 4.90 Å². The molecule has 0 amide bonds. The van der Waals surface area contributed by atoms with Crippen LogP contribution in [0, 0.1) is 0 Å². The van der Waals surface area contributed by atoms with Gasteiger partial charge in [-0.2, -0.15) is 0 Å². The Hall–Kier alpha value is -1.06. The molecule has 2 fully saturated rings. The highest BCUT2D eigenvalue weighted by Crippen LogP contribution is 2.35. The molecule has 3 nitrogen and oxygen atoms in total. The van der Waals surface area contributed by atoms with Gasteiger partial charge in [0.15, 0.2) is 0 Å². The lowest BCUT2D eigenvalue weighted by Gasteiger charge is -2.34. The maximum absolute atomic E-state index is 6.32. The van der Waals surface area contributed by atoms with Crippen LogP contribution in [0.4, 0.5) is 0 Å². The third kappa shape index (κ3) is 2.93. The van der Waals surface area contributed by atoms with E-state index < -0.39 is 0 Å². The molecule has 3 rings (SSSR count). The van der Waals surface area contributed by atoms with Gasteiger partial charge < -0.3 is 9.47 Å². The minimum atomic E-state index is 0.0896. The van der Waals surface area contributed by atoms with Gasteiger partial charge in [0.1, 0.15) is 11.4 Å². The van der Waals surface area contributed by atoms with Crippen molar-refractivity contribution in [3.63, 3.8) is 0 Å². The SMILES string of the molecule is COCCc1ccc(O[C@]23CCCN(CC2)C3)cc1. The van der Waals surface area contributed by atoms with Crippen LogP contribution in [-0.4, -0.2) is 43.9 Å². The molecule has 2 heterocycles. The topological polar surface area (TPSA) is 21.7 Å². The molecule has 104 valence electrons. The highest BCUT2D eigenvalue weighted by Gasteiger charge is 2.42. The van der Waals surface area contributed by atoms with Crippen molar-refractivity contribution < 1.29 is 9.47 Å². The Morgan fingerprint density at radius 1 is 1.16 bits per heavy atom. The fourth-order valence-electron chi connectivity index (χ4n) is 3.28. The molecule has 2 saturated heterocycles. The van der Waals surface area contributed by atoms with Gasteiger partial charge in [-0.25, -0.2) is 0 Å². The Kier molecular flexibility index (Phi) is 3.76. The van der Waals surface area contributed by atoms with Gasteiger partial charge >= 0.3 is 0 Å². The van der Waals surface area contributed by atoms with Crippen LogP contribution >= 0.6 is 0 Å². The maximum Gasteiger partial charge on any atom is 0.123 e. The third-order valence-electron chi connectivity index (χ3n) is 4.35. The third-order valence-corrected chi connectivity index (χ3v) is 4.35. The smallest absolute Gasteiger partial charge is 0.123 e.